The Morgan fingerprint density at radius 3 is 2.69 bits per heavy atom. The van der Waals surface area contributed by atoms with Gasteiger partial charge in [0.05, 0.1) is 25.3 Å². The molecule has 1 rings (SSSR count). The van der Waals surface area contributed by atoms with E-state index in [0.29, 0.717) is 5.69 Å². The first-order chi connectivity index (χ1) is 12.3. The van der Waals surface area contributed by atoms with Gasteiger partial charge in [-0.05, 0) is 25.1 Å². The van der Waals surface area contributed by atoms with Crippen LogP contribution in [0.15, 0.2) is 29.3 Å². The molecular formula is C17H21N5O4. The lowest BCUT2D eigenvalue weighted by Gasteiger charge is -2.13. The highest BCUT2D eigenvalue weighted by molar-refractivity contribution is 5.97. The third-order valence-electron chi connectivity index (χ3n) is 2.99. The summed E-state index contributed by atoms with van der Waals surface area (Å²) >= 11 is 0. The van der Waals surface area contributed by atoms with Gasteiger partial charge in [-0.25, -0.2) is 4.99 Å². The number of esters is 1. The zero-order valence-corrected chi connectivity index (χ0v) is 14.3. The number of ether oxygens (including phenoxy) is 1. The zero-order valence-electron chi connectivity index (χ0n) is 14.3. The lowest BCUT2D eigenvalue weighted by atomic mass is 10.2. The normalized spacial score (nSPS) is 10.8. The van der Waals surface area contributed by atoms with Gasteiger partial charge >= 0.3 is 5.97 Å². The van der Waals surface area contributed by atoms with Crippen LogP contribution in [0.2, 0.25) is 0 Å². The molecule has 0 aliphatic carbocycles. The second-order valence-corrected chi connectivity index (χ2v) is 5.07. The number of carbonyl (C=O) groups excluding carboxylic acids is 3. The molecule has 138 valence electrons. The molecule has 0 unspecified atom stereocenters. The van der Waals surface area contributed by atoms with E-state index >= 15 is 0 Å². The Balaban J connectivity index is 2.56. The number of terminal acetylenes is 1. The SMILES string of the molecule is C#C[C@H](CC(=O)OCC)NC(=O)CNC(=O)c1cccc(N=C(N)N)c1. The van der Waals surface area contributed by atoms with Crippen molar-refractivity contribution in [1.82, 2.24) is 10.6 Å². The molecule has 9 nitrogen and oxygen atoms in total. The van der Waals surface area contributed by atoms with Crippen LogP contribution in [-0.2, 0) is 14.3 Å². The zero-order chi connectivity index (χ0) is 19.5. The number of nitrogens with two attached hydrogens (primary N) is 2. The van der Waals surface area contributed by atoms with E-state index in [4.69, 9.17) is 22.6 Å². The molecule has 0 aromatic heterocycles. The number of benzene rings is 1. The van der Waals surface area contributed by atoms with Crippen molar-refractivity contribution in [2.24, 2.45) is 16.5 Å². The number of hydrogen-bond donors (Lipinski definition) is 4. The van der Waals surface area contributed by atoms with Crippen molar-refractivity contribution in [3.63, 3.8) is 0 Å². The Bertz CT molecular complexity index is 735. The fourth-order valence-electron chi connectivity index (χ4n) is 1.91. The largest absolute Gasteiger partial charge is 0.466 e. The summed E-state index contributed by atoms with van der Waals surface area (Å²) < 4.78 is 4.77. The predicted molar refractivity (Wildman–Crippen MR) is 96.3 cm³/mol. The molecule has 2 amide bonds. The summed E-state index contributed by atoms with van der Waals surface area (Å²) in [6.07, 6.45) is 5.13. The Labute approximate surface area is 151 Å². The van der Waals surface area contributed by atoms with E-state index in [-0.39, 0.29) is 31.1 Å². The van der Waals surface area contributed by atoms with Gasteiger partial charge in [0.25, 0.3) is 5.91 Å². The molecule has 1 atom stereocenters. The minimum Gasteiger partial charge on any atom is -0.466 e. The molecule has 0 radical (unpaired) electrons. The standard InChI is InChI=1S/C17H21N5O4/c1-3-12(9-15(24)26-4-2)21-14(23)10-20-16(25)11-6-5-7-13(8-11)22-17(18)19/h1,5-8,12H,4,9-10H2,2H3,(H,20,25)(H,21,23)(H4,18,19,22)/t12-/m1/s1. The maximum absolute atomic E-state index is 12.1. The molecular weight excluding hydrogens is 338 g/mol. The lowest BCUT2D eigenvalue weighted by molar-refractivity contribution is -0.143. The topological polar surface area (TPSA) is 149 Å². The summed E-state index contributed by atoms with van der Waals surface area (Å²) in [5.74, 6) is 0.604. The summed E-state index contributed by atoms with van der Waals surface area (Å²) in [5.41, 5.74) is 11.3. The lowest BCUT2D eigenvalue weighted by Crippen LogP contribution is -2.42. The minimum absolute atomic E-state index is 0.135. The van der Waals surface area contributed by atoms with Crippen LogP contribution < -0.4 is 22.1 Å². The predicted octanol–water partition coefficient (Wildman–Crippen LogP) is -0.607. The number of nitrogens with one attached hydrogen (secondary N) is 2. The number of hydrogen-bond acceptors (Lipinski definition) is 5. The number of nitrogens with zero attached hydrogens (tertiary/aromatic N) is 1. The smallest absolute Gasteiger partial charge is 0.308 e. The summed E-state index contributed by atoms with van der Waals surface area (Å²) in [6.45, 7) is 1.57. The minimum atomic E-state index is -0.816. The van der Waals surface area contributed by atoms with Gasteiger partial charge in [-0.3, -0.25) is 14.4 Å². The Hall–Kier alpha value is -3.54. The molecule has 0 aliphatic heterocycles. The highest BCUT2D eigenvalue weighted by atomic mass is 16.5. The van der Waals surface area contributed by atoms with E-state index in [0.717, 1.165) is 0 Å². The number of rotatable bonds is 8. The van der Waals surface area contributed by atoms with E-state index < -0.39 is 23.8 Å². The number of amides is 2. The van der Waals surface area contributed by atoms with Gasteiger partial charge in [0.2, 0.25) is 5.91 Å². The molecule has 1 aromatic carbocycles. The molecule has 0 saturated carbocycles. The molecule has 0 aliphatic rings. The van der Waals surface area contributed by atoms with E-state index in [1.54, 1.807) is 25.1 Å². The molecule has 9 heteroatoms. The molecule has 0 heterocycles. The second kappa shape index (κ2) is 10.4. The number of carbonyl (C=O) groups is 3. The van der Waals surface area contributed by atoms with E-state index in [2.05, 4.69) is 21.5 Å². The van der Waals surface area contributed by atoms with Crippen LogP contribution in [0.4, 0.5) is 5.69 Å². The summed E-state index contributed by atoms with van der Waals surface area (Å²) in [7, 11) is 0. The second-order valence-electron chi connectivity index (χ2n) is 5.07. The average molecular weight is 359 g/mol. The van der Waals surface area contributed by atoms with E-state index in [9.17, 15) is 14.4 Å². The number of guanidine groups is 1. The molecule has 0 spiro atoms. The Morgan fingerprint density at radius 2 is 2.08 bits per heavy atom. The first-order valence-electron chi connectivity index (χ1n) is 7.74. The molecule has 0 bridgehead atoms. The van der Waals surface area contributed by atoms with Crippen molar-refractivity contribution in [3.05, 3.63) is 29.8 Å². The van der Waals surface area contributed by atoms with Crippen LogP contribution in [0.1, 0.15) is 23.7 Å². The van der Waals surface area contributed by atoms with Crippen LogP contribution in [0, 0.1) is 12.3 Å². The van der Waals surface area contributed by atoms with Gasteiger partial charge < -0.3 is 26.8 Å². The van der Waals surface area contributed by atoms with Crippen LogP contribution in [0.25, 0.3) is 0 Å². The third kappa shape index (κ3) is 7.35. The van der Waals surface area contributed by atoms with Crippen LogP contribution in [0.5, 0.6) is 0 Å². The van der Waals surface area contributed by atoms with Crippen LogP contribution >= 0.6 is 0 Å². The molecule has 0 saturated heterocycles. The average Bonchev–Trinajstić information content (AvgIpc) is 2.59. The Kier molecular flexibility index (Phi) is 8.16. The van der Waals surface area contributed by atoms with Gasteiger partial charge in [0.1, 0.15) is 6.04 Å². The van der Waals surface area contributed by atoms with Crippen molar-refractivity contribution in [2.45, 2.75) is 19.4 Å². The monoisotopic (exact) mass is 359 g/mol. The van der Waals surface area contributed by atoms with E-state index in [1.807, 2.05) is 0 Å². The number of aliphatic imine (C=N–C) groups is 1. The van der Waals surface area contributed by atoms with Gasteiger partial charge in [-0.15, -0.1) is 6.42 Å². The molecule has 1 aromatic rings. The van der Waals surface area contributed by atoms with Crippen molar-refractivity contribution in [2.75, 3.05) is 13.2 Å². The summed E-state index contributed by atoms with van der Waals surface area (Å²) in [4.78, 5) is 39.2. The van der Waals surface area contributed by atoms with Crippen molar-refractivity contribution in [1.29, 1.82) is 0 Å². The van der Waals surface area contributed by atoms with Crippen molar-refractivity contribution >= 4 is 29.4 Å². The quantitative estimate of drug-likeness (QED) is 0.211. The molecule has 26 heavy (non-hydrogen) atoms. The molecule has 0 fully saturated rings. The van der Waals surface area contributed by atoms with Crippen molar-refractivity contribution < 1.29 is 19.1 Å². The molecule has 6 N–H and O–H groups in total. The van der Waals surface area contributed by atoms with Crippen LogP contribution in [-0.4, -0.2) is 42.9 Å². The van der Waals surface area contributed by atoms with Gasteiger partial charge in [-0.1, -0.05) is 12.0 Å². The summed E-state index contributed by atoms with van der Waals surface area (Å²) in [6, 6.07) is 5.42. The first kappa shape index (κ1) is 20.5. The first-order valence-corrected chi connectivity index (χ1v) is 7.74. The van der Waals surface area contributed by atoms with Crippen LogP contribution in [0.3, 0.4) is 0 Å². The van der Waals surface area contributed by atoms with Gasteiger partial charge in [0, 0.05) is 5.56 Å². The fourth-order valence-corrected chi connectivity index (χ4v) is 1.91. The Morgan fingerprint density at radius 1 is 1.35 bits per heavy atom. The summed E-state index contributed by atoms with van der Waals surface area (Å²) in [5, 5.41) is 4.90. The highest BCUT2D eigenvalue weighted by Gasteiger charge is 2.15. The maximum atomic E-state index is 12.1. The highest BCUT2D eigenvalue weighted by Crippen LogP contribution is 2.13. The third-order valence-corrected chi connectivity index (χ3v) is 2.99. The van der Waals surface area contributed by atoms with Crippen molar-refractivity contribution in [3.8, 4) is 12.3 Å². The maximum Gasteiger partial charge on any atom is 0.308 e. The van der Waals surface area contributed by atoms with E-state index in [1.165, 1.54) is 6.07 Å². The fraction of sp³-hybridized carbons (Fsp3) is 0.294. The van der Waals surface area contributed by atoms with Gasteiger partial charge in [-0.2, -0.15) is 0 Å². The van der Waals surface area contributed by atoms with Gasteiger partial charge in [0.15, 0.2) is 5.96 Å².